The molecule has 0 aliphatic carbocycles. The van der Waals surface area contributed by atoms with Crippen molar-refractivity contribution in [2.75, 3.05) is 26.9 Å². The van der Waals surface area contributed by atoms with E-state index in [4.69, 9.17) is 21.7 Å². The smallest absolute Gasteiger partial charge is 0.130 e. The average molecular weight is 294 g/mol. The molecule has 0 fully saturated rings. The van der Waals surface area contributed by atoms with E-state index in [0.29, 0.717) is 30.9 Å². The topological polar surface area (TPSA) is 65.0 Å². The Labute approximate surface area is 122 Å². The summed E-state index contributed by atoms with van der Waals surface area (Å²) in [6, 6.07) is 1.83. The van der Waals surface area contributed by atoms with Crippen LogP contribution in [0.3, 0.4) is 0 Å². The van der Waals surface area contributed by atoms with Gasteiger partial charge in [-0.15, -0.1) is 0 Å². The van der Waals surface area contributed by atoms with Gasteiger partial charge in [-0.25, -0.2) is 4.98 Å². The first-order valence-electron chi connectivity index (χ1n) is 6.35. The maximum Gasteiger partial charge on any atom is 0.130 e. The minimum atomic E-state index is 0.564. The second kappa shape index (κ2) is 7.28. The molecular weight excluding hydrogens is 276 g/mol. The van der Waals surface area contributed by atoms with Gasteiger partial charge in [-0.1, -0.05) is 12.2 Å². The van der Waals surface area contributed by atoms with E-state index in [-0.39, 0.29) is 0 Å². The molecule has 0 unspecified atom stereocenters. The van der Waals surface area contributed by atoms with Crippen molar-refractivity contribution in [2.24, 2.45) is 7.05 Å². The van der Waals surface area contributed by atoms with E-state index in [9.17, 15) is 0 Å². The highest BCUT2D eigenvalue weighted by Gasteiger charge is 2.04. The molecular formula is C13H18N4O2S. The summed E-state index contributed by atoms with van der Waals surface area (Å²) in [6.45, 7) is 1.76. The summed E-state index contributed by atoms with van der Waals surface area (Å²) in [5, 5.41) is 4.15. The molecule has 0 aliphatic heterocycles. The number of aryl methyl sites for hydroxylation is 1. The summed E-state index contributed by atoms with van der Waals surface area (Å²) in [4.78, 5) is 7.57. The van der Waals surface area contributed by atoms with Crippen LogP contribution in [0.5, 0.6) is 0 Å². The van der Waals surface area contributed by atoms with E-state index < -0.39 is 0 Å². The molecule has 20 heavy (non-hydrogen) atoms. The quantitative estimate of drug-likeness (QED) is 0.622. The number of nitrogens with one attached hydrogen (secondary N) is 1. The number of ether oxygens (including phenoxy) is 2. The number of H-pyrrole nitrogens is 1. The molecule has 7 heteroatoms. The van der Waals surface area contributed by atoms with E-state index in [1.165, 1.54) is 0 Å². The zero-order valence-electron chi connectivity index (χ0n) is 11.6. The zero-order valence-corrected chi connectivity index (χ0v) is 12.4. The van der Waals surface area contributed by atoms with E-state index in [0.717, 1.165) is 17.1 Å². The predicted molar refractivity (Wildman–Crippen MR) is 78.0 cm³/mol. The highest BCUT2D eigenvalue weighted by molar-refractivity contribution is 7.71. The number of aromatic amines is 1. The van der Waals surface area contributed by atoms with Gasteiger partial charge in [0.1, 0.15) is 10.5 Å². The Kier molecular flexibility index (Phi) is 5.40. The first-order valence-corrected chi connectivity index (χ1v) is 6.76. The van der Waals surface area contributed by atoms with Gasteiger partial charge in [0.2, 0.25) is 0 Å². The molecule has 0 radical (unpaired) electrons. The molecule has 2 heterocycles. The maximum atomic E-state index is 5.43. The fourth-order valence-corrected chi connectivity index (χ4v) is 1.98. The molecule has 0 spiro atoms. The lowest BCUT2D eigenvalue weighted by atomic mass is 10.2. The molecule has 2 rings (SSSR count). The van der Waals surface area contributed by atoms with Gasteiger partial charge in [-0.2, -0.15) is 5.10 Å². The lowest BCUT2D eigenvalue weighted by molar-refractivity contribution is 0.0716. The third-order valence-electron chi connectivity index (χ3n) is 2.72. The van der Waals surface area contributed by atoms with Crippen molar-refractivity contribution in [1.29, 1.82) is 0 Å². The summed E-state index contributed by atoms with van der Waals surface area (Å²) >= 11 is 5.20. The van der Waals surface area contributed by atoms with Crippen LogP contribution in [0.2, 0.25) is 0 Å². The molecule has 1 N–H and O–H groups in total. The molecule has 2 aromatic heterocycles. The first-order chi connectivity index (χ1) is 9.69. The van der Waals surface area contributed by atoms with Gasteiger partial charge in [-0.3, -0.25) is 4.68 Å². The molecule has 0 atom stereocenters. The highest BCUT2D eigenvalue weighted by atomic mass is 32.1. The van der Waals surface area contributed by atoms with Crippen molar-refractivity contribution in [3.63, 3.8) is 0 Å². The Balaban J connectivity index is 2.03. The van der Waals surface area contributed by atoms with Crippen LogP contribution in [0.15, 0.2) is 18.5 Å². The van der Waals surface area contributed by atoms with Gasteiger partial charge in [0, 0.05) is 32.3 Å². The fourth-order valence-electron chi connectivity index (χ4n) is 1.76. The van der Waals surface area contributed by atoms with Crippen molar-refractivity contribution in [1.82, 2.24) is 19.7 Å². The summed E-state index contributed by atoms with van der Waals surface area (Å²) in [6.07, 6.45) is 4.40. The Morgan fingerprint density at radius 1 is 1.35 bits per heavy atom. The zero-order chi connectivity index (χ0) is 14.4. The number of methoxy groups -OCH3 is 1. The molecule has 0 aromatic carbocycles. The van der Waals surface area contributed by atoms with Crippen LogP contribution >= 0.6 is 12.2 Å². The van der Waals surface area contributed by atoms with E-state index in [1.807, 2.05) is 19.3 Å². The maximum absolute atomic E-state index is 5.43. The normalized spacial score (nSPS) is 10.9. The predicted octanol–water partition coefficient (Wildman–Crippen LogP) is 1.75. The Hall–Kier alpha value is -1.57. The molecule has 6 nitrogen and oxygen atoms in total. The Morgan fingerprint density at radius 3 is 2.90 bits per heavy atom. The monoisotopic (exact) mass is 294 g/mol. The number of rotatable bonds is 7. The summed E-state index contributed by atoms with van der Waals surface area (Å²) in [5.41, 5.74) is 1.91. The number of nitrogens with zero attached hydrogens (tertiary/aromatic N) is 3. The lowest BCUT2D eigenvalue weighted by Crippen LogP contribution is -2.07. The van der Waals surface area contributed by atoms with Gasteiger partial charge >= 0.3 is 0 Å². The van der Waals surface area contributed by atoms with Crippen molar-refractivity contribution < 1.29 is 9.47 Å². The molecule has 108 valence electrons. The fraction of sp³-hybridized carbons (Fsp3) is 0.462. The van der Waals surface area contributed by atoms with Crippen LogP contribution in [0.25, 0.3) is 11.3 Å². The molecule has 2 aromatic rings. The number of hydrogen-bond donors (Lipinski definition) is 1. The van der Waals surface area contributed by atoms with Crippen LogP contribution in [0.4, 0.5) is 0 Å². The van der Waals surface area contributed by atoms with Gasteiger partial charge in [0.05, 0.1) is 31.7 Å². The Morgan fingerprint density at radius 2 is 2.20 bits per heavy atom. The molecule has 0 aliphatic rings. The van der Waals surface area contributed by atoms with Gasteiger partial charge in [0.25, 0.3) is 0 Å². The van der Waals surface area contributed by atoms with Crippen LogP contribution in [0.1, 0.15) is 5.82 Å². The first kappa shape index (κ1) is 14.8. The van der Waals surface area contributed by atoms with E-state index in [2.05, 4.69) is 15.1 Å². The van der Waals surface area contributed by atoms with Crippen molar-refractivity contribution in [3.05, 3.63) is 28.9 Å². The second-order valence-corrected chi connectivity index (χ2v) is 4.76. The summed E-state index contributed by atoms with van der Waals surface area (Å²) < 4.78 is 12.7. The molecule has 0 bridgehead atoms. The third-order valence-corrected chi connectivity index (χ3v) is 2.93. The van der Waals surface area contributed by atoms with Crippen molar-refractivity contribution >= 4 is 12.2 Å². The molecule has 0 saturated carbocycles. The van der Waals surface area contributed by atoms with Crippen molar-refractivity contribution in [3.8, 4) is 11.3 Å². The number of aromatic nitrogens is 4. The minimum absolute atomic E-state index is 0.564. The van der Waals surface area contributed by atoms with Crippen LogP contribution < -0.4 is 0 Å². The van der Waals surface area contributed by atoms with Gasteiger partial charge in [-0.05, 0) is 6.07 Å². The van der Waals surface area contributed by atoms with E-state index >= 15 is 0 Å². The lowest BCUT2D eigenvalue weighted by Gasteiger charge is -2.05. The highest BCUT2D eigenvalue weighted by Crippen LogP contribution is 2.15. The largest absolute Gasteiger partial charge is 0.382 e. The van der Waals surface area contributed by atoms with Crippen LogP contribution in [0, 0.1) is 4.64 Å². The number of hydrogen-bond acceptors (Lipinski definition) is 5. The minimum Gasteiger partial charge on any atom is -0.382 e. The van der Waals surface area contributed by atoms with Gasteiger partial charge < -0.3 is 14.5 Å². The Bertz CT molecular complexity index is 608. The van der Waals surface area contributed by atoms with Crippen LogP contribution in [-0.2, 0) is 22.9 Å². The average Bonchev–Trinajstić information content (AvgIpc) is 2.85. The SMILES string of the molecule is COCCOCCc1nc(=S)cc(-c2cnn(C)c2)[nH]1. The van der Waals surface area contributed by atoms with Gasteiger partial charge in [0.15, 0.2) is 0 Å². The third kappa shape index (κ3) is 4.22. The van der Waals surface area contributed by atoms with Crippen molar-refractivity contribution in [2.45, 2.75) is 6.42 Å². The molecule has 0 amide bonds. The summed E-state index contributed by atoms with van der Waals surface area (Å²) in [5.74, 6) is 0.814. The standard InChI is InChI=1S/C13H18N4O2S/c1-17-9-10(8-14-17)11-7-13(20)16-12(15-11)3-4-19-6-5-18-2/h7-9H,3-6H2,1-2H3,(H,15,16,20). The van der Waals surface area contributed by atoms with Crippen LogP contribution in [-0.4, -0.2) is 46.7 Å². The van der Waals surface area contributed by atoms with E-state index in [1.54, 1.807) is 18.0 Å². The molecule has 0 saturated heterocycles. The second-order valence-electron chi connectivity index (χ2n) is 4.34. The summed E-state index contributed by atoms with van der Waals surface area (Å²) in [7, 11) is 3.53.